The lowest BCUT2D eigenvalue weighted by Crippen LogP contribution is -2.35. The molecule has 1 aromatic rings. The average Bonchev–Trinajstić information content (AvgIpc) is 3.04. The number of hydrogen-bond acceptors (Lipinski definition) is 2. The topological polar surface area (TPSA) is 49.8 Å². The van der Waals surface area contributed by atoms with E-state index in [1.54, 1.807) is 6.07 Å². The zero-order chi connectivity index (χ0) is 10.3. The first-order chi connectivity index (χ1) is 7.34. The molecule has 2 heterocycles. The number of nitrogens with one attached hydrogen (secondary N) is 2. The van der Waals surface area contributed by atoms with Crippen molar-refractivity contribution in [3.05, 3.63) is 22.1 Å². The molecule has 0 aromatic carbocycles. The summed E-state index contributed by atoms with van der Waals surface area (Å²) < 4.78 is 1.82. The molecule has 1 aliphatic carbocycles. The molecular weight excluding hydrogens is 190 g/mol. The summed E-state index contributed by atoms with van der Waals surface area (Å²) in [5, 5.41) is 6.61. The van der Waals surface area contributed by atoms with Gasteiger partial charge in [-0.1, -0.05) is 0 Å². The van der Waals surface area contributed by atoms with Crippen molar-refractivity contribution in [2.24, 2.45) is 0 Å². The van der Waals surface area contributed by atoms with Crippen molar-refractivity contribution in [1.82, 2.24) is 15.1 Å². The first kappa shape index (κ1) is 9.21. The molecular formula is C11H17N3O. The van der Waals surface area contributed by atoms with Crippen LogP contribution in [0, 0.1) is 0 Å². The lowest BCUT2D eigenvalue weighted by molar-refractivity contribution is 0.339. The third-order valence-electron chi connectivity index (χ3n) is 3.42. The summed E-state index contributed by atoms with van der Waals surface area (Å²) in [5.41, 5.74) is 1.29. The smallest absolute Gasteiger partial charge is 0.267 e. The van der Waals surface area contributed by atoms with E-state index in [4.69, 9.17) is 0 Å². The Kier molecular flexibility index (Phi) is 2.16. The molecule has 1 saturated carbocycles. The van der Waals surface area contributed by atoms with Crippen LogP contribution in [0.1, 0.15) is 43.3 Å². The minimum absolute atomic E-state index is 0.144. The van der Waals surface area contributed by atoms with E-state index in [9.17, 15) is 4.79 Å². The Balaban J connectivity index is 1.86. The largest absolute Gasteiger partial charge is 0.315 e. The Hall–Kier alpha value is -1.03. The Morgan fingerprint density at radius 3 is 2.87 bits per heavy atom. The zero-order valence-electron chi connectivity index (χ0n) is 8.83. The predicted molar refractivity (Wildman–Crippen MR) is 58.2 cm³/mol. The van der Waals surface area contributed by atoms with Crippen molar-refractivity contribution in [3.8, 4) is 0 Å². The number of H-pyrrole nitrogens is 1. The highest BCUT2D eigenvalue weighted by atomic mass is 16.1. The molecule has 1 aromatic heterocycles. The summed E-state index contributed by atoms with van der Waals surface area (Å²) in [6, 6.07) is 2.12. The highest BCUT2D eigenvalue weighted by Crippen LogP contribution is 2.38. The minimum Gasteiger partial charge on any atom is -0.315 e. The highest BCUT2D eigenvalue weighted by Gasteiger charge is 2.27. The van der Waals surface area contributed by atoms with Crippen LogP contribution < -0.4 is 10.9 Å². The molecule has 2 N–H and O–H groups in total. The maximum atomic E-state index is 11.8. The van der Waals surface area contributed by atoms with Crippen LogP contribution in [-0.2, 0) is 0 Å². The van der Waals surface area contributed by atoms with Crippen LogP contribution >= 0.6 is 0 Å². The molecule has 4 nitrogen and oxygen atoms in total. The molecule has 1 aliphatic heterocycles. The molecule has 3 rings (SSSR count). The highest BCUT2D eigenvalue weighted by molar-refractivity contribution is 5.13. The molecule has 82 valence electrons. The Bertz CT molecular complexity index is 396. The summed E-state index contributed by atoms with van der Waals surface area (Å²) >= 11 is 0. The van der Waals surface area contributed by atoms with Crippen molar-refractivity contribution in [3.63, 3.8) is 0 Å². The third kappa shape index (κ3) is 1.74. The quantitative estimate of drug-likeness (QED) is 0.759. The predicted octanol–water partition coefficient (Wildman–Crippen LogP) is 0.978. The molecule has 0 radical (unpaired) electrons. The molecule has 0 unspecified atom stereocenters. The molecule has 0 bridgehead atoms. The van der Waals surface area contributed by atoms with Crippen molar-refractivity contribution in [2.75, 3.05) is 13.1 Å². The normalized spacial score (nSPS) is 26.8. The molecule has 0 spiro atoms. The van der Waals surface area contributed by atoms with Crippen molar-refractivity contribution in [2.45, 2.75) is 37.6 Å². The number of nitrogens with zero attached hydrogens (tertiary/aromatic N) is 1. The Morgan fingerprint density at radius 1 is 1.33 bits per heavy atom. The SMILES string of the molecule is O=c1cc(C2CC2)[nH]n1[C@@H]1CCCNC1. The van der Waals surface area contributed by atoms with E-state index in [0.29, 0.717) is 12.0 Å². The summed E-state index contributed by atoms with van der Waals surface area (Å²) in [6.45, 7) is 2.01. The average molecular weight is 207 g/mol. The van der Waals surface area contributed by atoms with Crippen molar-refractivity contribution < 1.29 is 0 Å². The van der Waals surface area contributed by atoms with Gasteiger partial charge in [-0.05, 0) is 32.2 Å². The molecule has 1 atom stereocenters. The van der Waals surface area contributed by atoms with Crippen LogP contribution in [0.3, 0.4) is 0 Å². The number of piperidine rings is 1. The number of hydrogen-bond donors (Lipinski definition) is 2. The monoisotopic (exact) mass is 207 g/mol. The summed E-state index contributed by atoms with van der Waals surface area (Å²) in [6.07, 6.45) is 4.75. The van der Waals surface area contributed by atoms with Crippen LogP contribution in [0.25, 0.3) is 0 Å². The second kappa shape index (κ2) is 3.52. The zero-order valence-corrected chi connectivity index (χ0v) is 8.83. The fraction of sp³-hybridized carbons (Fsp3) is 0.727. The number of aromatic amines is 1. The second-order valence-electron chi connectivity index (χ2n) is 4.69. The summed E-state index contributed by atoms with van der Waals surface area (Å²) in [7, 11) is 0. The molecule has 1 saturated heterocycles. The van der Waals surface area contributed by atoms with Gasteiger partial charge in [-0.2, -0.15) is 0 Å². The molecule has 4 heteroatoms. The fourth-order valence-electron chi connectivity index (χ4n) is 2.36. The maximum Gasteiger partial charge on any atom is 0.267 e. The van der Waals surface area contributed by atoms with Gasteiger partial charge in [0.2, 0.25) is 0 Å². The Morgan fingerprint density at radius 2 is 2.20 bits per heavy atom. The van der Waals surface area contributed by atoms with E-state index in [1.165, 1.54) is 12.8 Å². The standard InChI is InChI=1S/C11H17N3O/c15-11-6-10(8-3-4-8)13-14(11)9-2-1-5-12-7-9/h6,8-9,12-13H,1-5,7H2/t9-/m1/s1. The third-order valence-corrected chi connectivity index (χ3v) is 3.42. The van der Waals surface area contributed by atoms with Crippen LogP contribution in [0.15, 0.2) is 10.9 Å². The van der Waals surface area contributed by atoms with Gasteiger partial charge in [0.1, 0.15) is 0 Å². The van der Waals surface area contributed by atoms with Crippen LogP contribution in [0.2, 0.25) is 0 Å². The van der Waals surface area contributed by atoms with E-state index in [0.717, 1.165) is 31.6 Å². The first-order valence-electron chi connectivity index (χ1n) is 5.87. The van der Waals surface area contributed by atoms with Gasteiger partial charge in [0.05, 0.1) is 6.04 Å². The Labute approximate surface area is 88.7 Å². The number of aromatic nitrogens is 2. The van der Waals surface area contributed by atoms with Gasteiger partial charge in [0.15, 0.2) is 0 Å². The van der Waals surface area contributed by atoms with Gasteiger partial charge in [-0.15, -0.1) is 0 Å². The van der Waals surface area contributed by atoms with Gasteiger partial charge in [0.25, 0.3) is 5.56 Å². The van der Waals surface area contributed by atoms with E-state index in [1.807, 2.05) is 4.68 Å². The fourth-order valence-corrected chi connectivity index (χ4v) is 2.36. The lowest BCUT2D eigenvalue weighted by Gasteiger charge is -2.23. The van der Waals surface area contributed by atoms with Gasteiger partial charge in [0, 0.05) is 24.2 Å². The van der Waals surface area contributed by atoms with Crippen LogP contribution in [0.5, 0.6) is 0 Å². The molecule has 2 aliphatic rings. The first-order valence-corrected chi connectivity index (χ1v) is 5.87. The van der Waals surface area contributed by atoms with Gasteiger partial charge < -0.3 is 5.32 Å². The van der Waals surface area contributed by atoms with E-state index in [2.05, 4.69) is 10.4 Å². The number of rotatable bonds is 2. The summed E-state index contributed by atoms with van der Waals surface area (Å²) in [4.78, 5) is 11.8. The van der Waals surface area contributed by atoms with E-state index >= 15 is 0 Å². The van der Waals surface area contributed by atoms with Crippen molar-refractivity contribution in [1.29, 1.82) is 0 Å². The van der Waals surface area contributed by atoms with E-state index in [-0.39, 0.29) is 5.56 Å². The second-order valence-corrected chi connectivity index (χ2v) is 4.69. The molecule has 15 heavy (non-hydrogen) atoms. The molecule has 0 amide bonds. The van der Waals surface area contributed by atoms with Crippen LogP contribution in [-0.4, -0.2) is 22.9 Å². The van der Waals surface area contributed by atoms with Crippen molar-refractivity contribution >= 4 is 0 Å². The maximum absolute atomic E-state index is 11.8. The van der Waals surface area contributed by atoms with Crippen LogP contribution in [0.4, 0.5) is 0 Å². The van der Waals surface area contributed by atoms with Gasteiger partial charge >= 0.3 is 0 Å². The summed E-state index contributed by atoms with van der Waals surface area (Å²) in [5.74, 6) is 0.635. The van der Waals surface area contributed by atoms with E-state index < -0.39 is 0 Å². The minimum atomic E-state index is 0.144. The molecule has 2 fully saturated rings. The lowest BCUT2D eigenvalue weighted by atomic mass is 10.1. The van der Waals surface area contributed by atoms with Gasteiger partial charge in [-0.25, -0.2) is 4.68 Å². The van der Waals surface area contributed by atoms with Gasteiger partial charge in [-0.3, -0.25) is 9.89 Å².